The summed E-state index contributed by atoms with van der Waals surface area (Å²) >= 11 is 6.02. The molecule has 0 aromatic carbocycles. The molecule has 2 aromatic heterocycles. The molecule has 2 aromatic rings. The number of aliphatic imine (C=N–C) groups is 1. The predicted octanol–water partition coefficient (Wildman–Crippen LogP) is 4.30. The number of hydrogen-bond acceptors (Lipinski definition) is 6. The summed E-state index contributed by atoms with van der Waals surface area (Å²) in [6, 6.07) is 5.75. The molecule has 0 amide bonds. The largest absolute Gasteiger partial charge is 0.351 e. The average molecular weight is 357 g/mol. The van der Waals surface area contributed by atoms with Gasteiger partial charge in [0.2, 0.25) is 5.95 Å². The Balaban J connectivity index is 1.69. The Morgan fingerprint density at radius 2 is 1.96 bits per heavy atom. The lowest BCUT2D eigenvalue weighted by Crippen LogP contribution is -2.19. The van der Waals surface area contributed by atoms with Crippen molar-refractivity contribution < 1.29 is 0 Å². The number of halogens is 1. The smallest absolute Gasteiger partial charge is 0.254 e. The highest BCUT2D eigenvalue weighted by Gasteiger charge is 2.29. The molecule has 2 aliphatic rings. The fourth-order valence-corrected chi connectivity index (χ4v) is 2.96. The molecule has 6 nitrogen and oxygen atoms in total. The zero-order valence-corrected chi connectivity index (χ0v) is 15.2. The minimum atomic E-state index is 0.337. The Morgan fingerprint density at radius 1 is 1.16 bits per heavy atom. The molecule has 130 valence electrons. The third kappa shape index (κ3) is 4.12. The number of rotatable bonds is 6. The van der Waals surface area contributed by atoms with Gasteiger partial charge in [0.05, 0.1) is 0 Å². The van der Waals surface area contributed by atoms with Gasteiger partial charge in [-0.1, -0.05) is 17.7 Å². The average Bonchev–Trinajstić information content (AvgIpc) is 3.48. The molecular weight excluding hydrogens is 336 g/mol. The summed E-state index contributed by atoms with van der Waals surface area (Å²) in [6.07, 6.45) is 4.92. The van der Waals surface area contributed by atoms with E-state index in [9.17, 15) is 0 Å². The maximum atomic E-state index is 6.02. The van der Waals surface area contributed by atoms with Crippen LogP contribution in [0.1, 0.15) is 39.5 Å². The van der Waals surface area contributed by atoms with Crippen molar-refractivity contribution in [1.29, 1.82) is 0 Å². The summed E-state index contributed by atoms with van der Waals surface area (Å²) in [4.78, 5) is 22.5. The number of nitrogens with one attached hydrogen (secondary N) is 1. The van der Waals surface area contributed by atoms with Gasteiger partial charge in [-0.05, 0) is 63.5 Å². The fraction of sp³-hybridized carbons (Fsp3) is 0.500. The Kier molecular flexibility index (Phi) is 4.37. The van der Waals surface area contributed by atoms with Gasteiger partial charge in [-0.3, -0.25) is 0 Å². The van der Waals surface area contributed by atoms with Crippen molar-refractivity contribution in [2.24, 2.45) is 16.8 Å². The first-order chi connectivity index (χ1) is 12.1. The maximum Gasteiger partial charge on any atom is 0.254 e. The Hall–Kier alpha value is -2.08. The first-order valence-electron chi connectivity index (χ1n) is 8.79. The van der Waals surface area contributed by atoms with Gasteiger partial charge in [0.1, 0.15) is 10.8 Å². The number of anilines is 1. The second-order valence-corrected chi connectivity index (χ2v) is 7.31. The van der Waals surface area contributed by atoms with Crippen molar-refractivity contribution in [2.75, 3.05) is 5.32 Å². The molecule has 25 heavy (non-hydrogen) atoms. The first-order valence-corrected chi connectivity index (χ1v) is 9.17. The molecule has 2 saturated carbocycles. The molecule has 0 spiro atoms. The van der Waals surface area contributed by atoms with E-state index >= 15 is 0 Å². The summed E-state index contributed by atoms with van der Waals surface area (Å²) in [7, 11) is 0. The Bertz CT molecular complexity index is 813. The predicted molar refractivity (Wildman–Crippen MR) is 99.4 cm³/mol. The van der Waals surface area contributed by atoms with E-state index in [0.717, 1.165) is 5.71 Å². The van der Waals surface area contributed by atoms with Crippen LogP contribution < -0.4 is 5.32 Å². The van der Waals surface area contributed by atoms with Crippen LogP contribution in [0.5, 0.6) is 0 Å². The van der Waals surface area contributed by atoms with E-state index in [1.807, 2.05) is 19.1 Å². The fourth-order valence-electron chi connectivity index (χ4n) is 2.79. The highest BCUT2D eigenvalue weighted by molar-refractivity contribution is 6.29. The van der Waals surface area contributed by atoms with Crippen LogP contribution in [0.2, 0.25) is 5.15 Å². The van der Waals surface area contributed by atoms with Crippen LogP contribution in [0.4, 0.5) is 11.9 Å². The lowest BCUT2D eigenvalue weighted by atomic mass is 10.2. The molecular formula is C18H21ClN6. The quantitative estimate of drug-likeness (QED) is 0.616. The van der Waals surface area contributed by atoms with Gasteiger partial charge in [-0.2, -0.15) is 15.0 Å². The second kappa shape index (κ2) is 6.67. The van der Waals surface area contributed by atoms with E-state index in [2.05, 4.69) is 37.2 Å². The van der Waals surface area contributed by atoms with Crippen molar-refractivity contribution in [1.82, 2.24) is 19.9 Å². The minimum Gasteiger partial charge on any atom is -0.351 e. The molecule has 1 atom stereocenters. The zero-order chi connectivity index (χ0) is 17.4. The van der Waals surface area contributed by atoms with Crippen LogP contribution in [0.15, 0.2) is 23.2 Å². The van der Waals surface area contributed by atoms with Crippen molar-refractivity contribution in [2.45, 2.75) is 45.6 Å². The monoisotopic (exact) mass is 356 g/mol. The topological polar surface area (TPSA) is 76.0 Å². The maximum absolute atomic E-state index is 6.02. The van der Waals surface area contributed by atoms with Crippen LogP contribution >= 0.6 is 11.6 Å². The van der Waals surface area contributed by atoms with Gasteiger partial charge in [0.15, 0.2) is 5.82 Å². The first kappa shape index (κ1) is 16.4. The highest BCUT2D eigenvalue weighted by Crippen LogP contribution is 2.34. The van der Waals surface area contributed by atoms with Crippen molar-refractivity contribution in [3.8, 4) is 11.5 Å². The number of pyridine rings is 1. The second-order valence-electron chi connectivity index (χ2n) is 6.93. The third-order valence-corrected chi connectivity index (χ3v) is 4.91. The summed E-state index contributed by atoms with van der Waals surface area (Å²) in [5.41, 5.74) is 1.70. The molecule has 1 N–H and O–H groups in total. The minimum absolute atomic E-state index is 0.337. The van der Waals surface area contributed by atoms with Gasteiger partial charge in [0.25, 0.3) is 5.95 Å². The van der Waals surface area contributed by atoms with E-state index in [1.54, 1.807) is 6.07 Å². The van der Waals surface area contributed by atoms with Crippen LogP contribution in [0, 0.1) is 11.8 Å². The van der Waals surface area contributed by atoms with Crippen molar-refractivity contribution in [3.63, 3.8) is 0 Å². The van der Waals surface area contributed by atoms with Gasteiger partial charge >= 0.3 is 0 Å². The Labute approximate surface area is 152 Å². The lowest BCUT2D eigenvalue weighted by Gasteiger charge is -2.13. The molecule has 0 saturated heterocycles. The summed E-state index contributed by atoms with van der Waals surface area (Å²) in [5, 5.41) is 3.81. The van der Waals surface area contributed by atoms with E-state index in [0.29, 0.717) is 46.4 Å². The SMILES string of the molecule is C/C(=N\c1nc(N[C@H](C)C2CC2)nc(-c2cccc(Cl)n2)n1)C1CC1. The van der Waals surface area contributed by atoms with Gasteiger partial charge in [0, 0.05) is 11.8 Å². The molecule has 2 heterocycles. The highest BCUT2D eigenvalue weighted by atomic mass is 35.5. The van der Waals surface area contributed by atoms with Gasteiger partial charge in [-0.25, -0.2) is 9.98 Å². The van der Waals surface area contributed by atoms with Crippen molar-refractivity contribution >= 4 is 29.2 Å². The van der Waals surface area contributed by atoms with Gasteiger partial charge < -0.3 is 5.32 Å². The number of hydrogen-bond donors (Lipinski definition) is 1. The van der Waals surface area contributed by atoms with E-state index in [1.165, 1.54) is 25.7 Å². The van der Waals surface area contributed by atoms with E-state index < -0.39 is 0 Å². The van der Waals surface area contributed by atoms with Crippen LogP contribution in [-0.4, -0.2) is 31.7 Å². The van der Waals surface area contributed by atoms with Crippen LogP contribution in [-0.2, 0) is 0 Å². The molecule has 0 aliphatic heterocycles. The van der Waals surface area contributed by atoms with Gasteiger partial charge in [-0.15, -0.1) is 0 Å². The summed E-state index contributed by atoms with van der Waals surface area (Å²) in [6.45, 7) is 4.20. The molecule has 0 bridgehead atoms. The third-order valence-electron chi connectivity index (χ3n) is 4.70. The molecule has 2 fully saturated rings. The molecule has 0 unspecified atom stereocenters. The van der Waals surface area contributed by atoms with Crippen LogP contribution in [0.25, 0.3) is 11.5 Å². The van der Waals surface area contributed by atoms with Crippen LogP contribution in [0.3, 0.4) is 0 Å². The van der Waals surface area contributed by atoms with E-state index in [4.69, 9.17) is 11.6 Å². The summed E-state index contributed by atoms with van der Waals surface area (Å²) < 4.78 is 0. The van der Waals surface area contributed by atoms with Crippen molar-refractivity contribution in [3.05, 3.63) is 23.4 Å². The molecule has 4 rings (SSSR count). The number of aromatic nitrogens is 4. The molecule has 7 heteroatoms. The zero-order valence-electron chi connectivity index (χ0n) is 14.4. The standard InChI is InChI=1S/C18H21ClN6/c1-10(12-6-7-12)20-17-23-16(14-4-3-5-15(19)22-14)24-18(25-17)21-11(2)13-8-9-13/h3-5,10,12-13H,6-9H2,1-2H3,(H,20,23,24,25)/b21-11+/t10-/m1/s1. The summed E-state index contributed by atoms with van der Waals surface area (Å²) in [5.74, 6) is 2.75. The molecule has 2 aliphatic carbocycles. The van der Waals surface area contributed by atoms with E-state index in [-0.39, 0.29) is 0 Å². The Morgan fingerprint density at radius 3 is 2.64 bits per heavy atom. The molecule has 0 radical (unpaired) electrons. The number of nitrogens with zero attached hydrogens (tertiary/aromatic N) is 5. The lowest BCUT2D eigenvalue weighted by molar-refractivity contribution is 0.685. The normalized spacial score (nSPS) is 18.9.